The van der Waals surface area contributed by atoms with Gasteiger partial charge in [0.15, 0.2) is 0 Å². The minimum Gasteiger partial charge on any atom is -0.444 e. The third kappa shape index (κ3) is 2.76. The average molecular weight is 408 g/mol. The van der Waals surface area contributed by atoms with Gasteiger partial charge in [0.25, 0.3) is 0 Å². The van der Waals surface area contributed by atoms with E-state index < -0.39 is 5.60 Å². The van der Waals surface area contributed by atoms with Crippen LogP contribution in [0, 0.1) is 11.8 Å². The van der Waals surface area contributed by atoms with Crippen LogP contribution in [0.5, 0.6) is 0 Å². The molecule has 0 radical (unpaired) electrons. The summed E-state index contributed by atoms with van der Waals surface area (Å²) >= 11 is 3.57. The number of anilines is 1. The fraction of sp³-hybridized carbons (Fsp3) is 0.588. The van der Waals surface area contributed by atoms with Gasteiger partial charge in [-0.2, -0.15) is 0 Å². The molecule has 1 aliphatic carbocycles. The lowest BCUT2D eigenvalue weighted by molar-refractivity contribution is 0.0287. The molecule has 4 rings (SSSR count). The van der Waals surface area contributed by atoms with Crippen LogP contribution in [-0.4, -0.2) is 44.2 Å². The fourth-order valence-corrected chi connectivity index (χ4v) is 4.58. The second kappa shape index (κ2) is 5.59. The molecule has 1 aliphatic heterocycles. The number of carbonyl (C=O) groups excluding carboxylic acids is 1. The van der Waals surface area contributed by atoms with Crippen LogP contribution in [0.1, 0.15) is 33.2 Å². The van der Waals surface area contributed by atoms with E-state index in [1.807, 2.05) is 31.9 Å². The van der Waals surface area contributed by atoms with Crippen molar-refractivity contribution >= 4 is 38.9 Å². The second-order valence-corrected chi connectivity index (χ2v) is 8.81. The summed E-state index contributed by atoms with van der Waals surface area (Å²) in [5.74, 6) is 1.42. The number of nitrogen functional groups attached to an aromatic ring is 1. The molecule has 0 bridgehead atoms. The summed E-state index contributed by atoms with van der Waals surface area (Å²) in [6, 6.07) is 0.320. The number of amides is 1. The van der Waals surface area contributed by atoms with Crippen LogP contribution in [0.3, 0.4) is 0 Å². The summed E-state index contributed by atoms with van der Waals surface area (Å²) < 4.78 is 8.60. The molecule has 8 heteroatoms. The van der Waals surface area contributed by atoms with E-state index in [1.54, 1.807) is 0 Å². The summed E-state index contributed by atoms with van der Waals surface area (Å²) in [6.45, 7) is 7.18. The van der Waals surface area contributed by atoms with Crippen LogP contribution in [0.25, 0.3) is 11.0 Å². The molecular formula is C17H22BrN5O2. The minimum atomic E-state index is -0.464. The van der Waals surface area contributed by atoms with Crippen molar-refractivity contribution in [3.05, 3.63) is 17.0 Å². The minimum absolute atomic E-state index is 0.217. The number of ether oxygens (including phenoxy) is 1. The first-order valence-corrected chi connectivity index (χ1v) is 9.28. The molecule has 2 aromatic heterocycles. The largest absolute Gasteiger partial charge is 0.444 e. The van der Waals surface area contributed by atoms with Gasteiger partial charge in [-0.25, -0.2) is 14.8 Å². The van der Waals surface area contributed by atoms with E-state index in [4.69, 9.17) is 10.5 Å². The lowest BCUT2D eigenvalue weighted by Gasteiger charge is -2.40. The van der Waals surface area contributed by atoms with Gasteiger partial charge in [-0.3, -0.25) is 0 Å². The van der Waals surface area contributed by atoms with Crippen molar-refractivity contribution in [2.75, 3.05) is 18.8 Å². The van der Waals surface area contributed by atoms with Crippen molar-refractivity contribution in [3.63, 3.8) is 0 Å². The van der Waals surface area contributed by atoms with Crippen LogP contribution in [0.4, 0.5) is 10.6 Å². The molecule has 2 aromatic rings. The van der Waals surface area contributed by atoms with Crippen LogP contribution in [0.2, 0.25) is 0 Å². The third-order valence-electron chi connectivity index (χ3n) is 5.13. The summed E-state index contributed by atoms with van der Waals surface area (Å²) in [7, 11) is 0. The maximum Gasteiger partial charge on any atom is 0.410 e. The van der Waals surface area contributed by atoms with Crippen LogP contribution in [0.15, 0.2) is 17.0 Å². The summed E-state index contributed by atoms with van der Waals surface area (Å²) in [4.78, 5) is 22.7. The zero-order valence-electron chi connectivity index (χ0n) is 14.6. The Morgan fingerprint density at radius 3 is 2.84 bits per heavy atom. The number of halogens is 1. The Balaban J connectivity index is 1.55. The maximum absolute atomic E-state index is 12.3. The Kier molecular flexibility index (Phi) is 3.72. The molecule has 1 saturated carbocycles. The smallest absolute Gasteiger partial charge is 0.410 e. The standard InChI is InChI=1S/C17H22BrN5O2/c1-17(2,3)25-16(24)22-5-9-4-12(10(9)6-22)23-7-11(18)13-14(19)20-8-21-15(13)23/h7-10,12H,4-6H2,1-3H3,(H2,19,20,21)/t9-,10+,12-/m1/s1. The van der Waals surface area contributed by atoms with Crippen molar-refractivity contribution in [1.82, 2.24) is 19.4 Å². The quantitative estimate of drug-likeness (QED) is 0.783. The Morgan fingerprint density at radius 1 is 1.36 bits per heavy atom. The average Bonchev–Trinajstić information content (AvgIpc) is 2.98. The molecule has 3 heterocycles. The van der Waals surface area contributed by atoms with Gasteiger partial charge in [-0.05, 0) is 49.0 Å². The summed E-state index contributed by atoms with van der Waals surface area (Å²) in [5, 5.41) is 0.855. The molecule has 2 fully saturated rings. The lowest BCUT2D eigenvalue weighted by atomic mass is 9.71. The number of rotatable bonds is 1. The highest BCUT2D eigenvalue weighted by molar-refractivity contribution is 9.10. The van der Waals surface area contributed by atoms with E-state index in [0.717, 1.165) is 35.0 Å². The topological polar surface area (TPSA) is 86.3 Å². The molecule has 1 saturated heterocycles. The molecule has 0 unspecified atom stereocenters. The molecule has 2 N–H and O–H groups in total. The van der Waals surface area contributed by atoms with Crippen molar-refractivity contribution in [1.29, 1.82) is 0 Å². The highest BCUT2D eigenvalue weighted by Gasteiger charge is 2.50. The highest BCUT2D eigenvalue weighted by atomic mass is 79.9. The molecule has 0 spiro atoms. The van der Waals surface area contributed by atoms with Crippen molar-refractivity contribution in [2.24, 2.45) is 11.8 Å². The van der Waals surface area contributed by atoms with Crippen molar-refractivity contribution in [2.45, 2.75) is 38.8 Å². The van der Waals surface area contributed by atoms with Crippen LogP contribution >= 0.6 is 15.9 Å². The van der Waals surface area contributed by atoms with Gasteiger partial charge in [-0.15, -0.1) is 0 Å². The molecule has 134 valence electrons. The highest BCUT2D eigenvalue weighted by Crippen LogP contribution is 2.50. The molecule has 25 heavy (non-hydrogen) atoms. The van der Waals surface area contributed by atoms with Crippen molar-refractivity contribution < 1.29 is 9.53 Å². The van der Waals surface area contributed by atoms with Gasteiger partial charge in [-0.1, -0.05) is 0 Å². The van der Waals surface area contributed by atoms with E-state index >= 15 is 0 Å². The molecule has 7 nitrogen and oxygen atoms in total. The van der Waals surface area contributed by atoms with E-state index in [2.05, 4.69) is 30.5 Å². The van der Waals surface area contributed by atoms with E-state index in [1.165, 1.54) is 6.33 Å². The fourth-order valence-electron chi connectivity index (χ4n) is 3.98. The van der Waals surface area contributed by atoms with Crippen molar-refractivity contribution in [3.8, 4) is 0 Å². The van der Waals surface area contributed by atoms with Gasteiger partial charge in [0.05, 0.1) is 5.39 Å². The molecule has 1 amide bonds. The second-order valence-electron chi connectivity index (χ2n) is 7.95. The van der Waals surface area contributed by atoms with Gasteiger partial charge >= 0.3 is 6.09 Å². The third-order valence-corrected chi connectivity index (χ3v) is 5.73. The molecule has 2 aliphatic rings. The first kappa shape index (κ1) is 16.6. The number of carbonyl (C=O) groups is 1. The Bertz CT molecular complexity index is 843. The van der Waals surface area contributed by atoms with E-state index in [0.29, 0.717) is 23.7 Å². The number of fused-ring (bicyclic) bond motifs is 2. The number of hydrogen-bond donors (Lipinski definition) is 1. The summed E-state index contributed by atoms with van der Waals surface area (Å²) in [5.41, 5.74) is 6.38. The SMILES string of the molecule is CC(C)(C)OC(=O)N1C[C@H]2C[C@@H](n3cc(Br)c4c(N)ncnc43)[C@H]2C1. The first-order chi connectivity index (χ1) is 11.7. The number of hydrogen-bond acceptors (Lipinski definition) is 5. The monoisotopic (exact) mass is 407 g/mol. The Labute approximate surface area is 154 Å². The van der Waals surface area contributed by atoms with Crippen LogP contribution in [-0.2, 0) is 4.74 Å². The predicted molar refractivity (Wildman–Crippen MR) is 98.1 cm³/mol. The number of likely N-dealkylation sites (tertiary alicyclic amines) is 1. The Morgan fingerprint density at radius 2 is 2.12 bits per heavy atom. The zero-order valence-corrected chi connectivity index (χ0v) is 16.2. The number of nitrogens with two attached hydrogens (primary N) is 1. The van der Waals surface area contributed by atoms with E-state index in [-0.39, 0.29) is 6.09 Å². The van der Waals surface area contributed by atoms with Gasteiger partial charge in [0, 0.05) is 35.7 Å². The Hall–Kier alpha value is -1.83. The first-order valence-electron chi connectivity index (χ1n) is 8.49. The number of nitrogens with zero attached hydrogens (tertiary/aromatic N) is 4. The lowest BCUT2D eigenvalue weighted by Crippen LogP contribution is -2.37. The normalized spacial score (nSPS) is 25.8. The van der Waals surface area contributed by atoms with Gasteiger partial charge < -0.3 is 19.9 Å². The molecular weight excluding hydrogens is 386 g/mol. The summed E-state index contributed by atoms with van der Waals surface area (Å²) in [6.07, 6.45) is 4.35. The van der Waals surface area contributed by atoms with Crippen LogP contribution < -0.4 is 5.73 Å². The molecule has 0 aromatic carbocycles. The maximum atomic E-state index is 12.3. The van der Waals surface area contributed by atoms with Gasteiger partial charge in [0.2, 0.25) is 0 Å². The predicted octanol–water partition coefficient (Wildman–Crippen LogP) is 3.20. The number of aromatic nitrogens is 3. The molecule has 3 atom stereocenters. The van der Waals surface area contributed by atoms with E-state index in [9.17, 15) is 4.79 Å². The zero-order chi connectivity index (χ0) is 17.9. The van der Waals surface area contributed by atoms with Gasteiger partial charge in [0.1, 0.15) is 23.4 Å².